The molecule has 0 heterocycles. The van der Waals surface area contributed by atoms with Crippen LogP contribution >= 0.6 is 33.3 Å². The fourth-order valence-corrected chi connectivity index (χ4v) is 2.58. The number of hydrogen-bond donors (Lipinski definition) is 0. The van der Waals surface area contributed by atoms with E-state index in [0.717, 1.165) is 14.7 Å². The molecule has 0 N–H and O–H groups in total. The Hall–Kier alpha value is -0.590. The van der Waals surface area contributed by atoms with Gasteiger partial charge in [-0.25, -0.2) is 8.42 Å². The third-order valence-electron chi connectivity index (χ3n) is 2.31. The third kappa shape index (κ3) is 3.20. The summed E-state index contributed by atoms with van der Waals surface area (Å²) in [6.45, 7) is 0. The first-order chi connectivity index (χ1) is 7.97. The molecule has 0 atom stereocenters. The summed E-state index contributed by atoms with van der Waals surface area (Å²) in [6, 6.07) is 14.5. The minimum atomic E-state index is -3.64. The van der Waals surface area contributed by atoms with Crippen LogP contribution in [0.15, 0.2) is 53.4 Å². The van der Waals surface area contributed by atoms with Crippen molar-refractivity contribution in [3.05, 3.63) is 52.1 Å². The summed E-state index contributed by atoms with van der Waals surface area (Å²) in [6.07, 6.45) is 0. The Labute approximate surface area is 118 Å². The summed E-state index contributed by atoms with van der Waals surface area (Å²) in [5.41, 5.74) is 2.01. The van der Waals surface area contributed by atoms with Crippen molar-refractivity contribution in [3.63, 3.8) is 0 Å². The van der Waals surface area contributed by atoms with Crippen LogP contribution in [0.25, 0.3) is 11.1 Å². The van der Waals surface area contributed by atoms with Crippen molar-refractivity contribution in [1.82, 2.24) is 0 Å². The molecule has 88 valence electrons. The molecule has 5 heteroatoms. The summed E-state index contributed by atoms with van der Waals surface area (Å²) >= 11 is 2.23. The van der Waals surface area contributed by atoms with E-state index in [1.165, 1.54) is 12.1 Å². The molecular formula is C12H8ClIO2S. The largest absolute Gasteiger partial charge is 0.261 e. The van der Waals surface area contributed by atoms with Crippen molar-refractivity contribution >= 4 is 42.3 Å². The van der Waals surface area contributed by atoms with Gasteiger partial charge in [0.2, 0.25) is 0 Å². The molecule has 2 nitrogen and oxygen atoms in total. The summed E-state index contributed by atoms with van der Waals surface area (Å²) in [5.74, 6) is 0. The van der Waals surface area contributed by atoms with E-state index in [9.17, 15) is 8.42 Å². The second kappa shape index (κ2) is 4.96. The summed E-state index contributed by atoms with van der Waals surface area (Å²) in [5, 5.41) is 0. The number of hydrogen-bond acceptors (Lipinski definition) is 2. The molecule has 0 saturated heterocycles. The second-order valence-electron chi connectivity index (χ2n) is 3.47. The molecule has 2 aromatic rings. The SMILES string of the molecule is O=S(=O)(Cl)c1ccc(-c2ccc(I)cc2)cc1. The molecule has 0 unspecified atom stereocenters. The molecule has 0 amide bonds. The average molecular weight is 379 g/mol. The third-order valence-corrected chi connectivity index (χ3v) is 4.40. The predicted octanol–water partition coefficient (Wildman–Crippen LogP) is 3.89. The van der Waals surface area contributed by atoms with Gasteiger partial charge in [0.25, 0.3) is 9.05 Å². The van der Waals surface area contributed by atoms with Gasteiger partial charge in [-0.1, -0.05) is 24.3 Å². The first kappa shape index (κ1) is 12.9. The van der Waals surface area contributed by atoms with Crippen LogP contribution < -0.4 is 0 Å². The Morgan fingerprint density at radius 1 is 0.824 bits per heavy atom. The van der Waals surface area contributed by atoms with Crippen LogP contribution in [0.1, 0.15) is 0 Å². The van der Waals surface area contributed by atoms with E-state index >= 15 is 0 Å². The highest BCUT2D eigenvalue weighted by atomic mass is 127. The molecule has 2 aromatic carbocycles. The zero-order chi connectivity index (χ0) is 12.5. The molecule has 0 radical (unpaired) electrons. The Kier molecular flexibility index (Phi) is 3.75. The van der Waals surface area contributed by atoms with E-state index < -0.39 is 9.05 Å². The van der Waals surface area contributed by atoms with Crippen molar-refractivity contribution in [3.8, 4) is 11.1 Å². The Morgan fingerprint density at radius 3 is 1.65 bits per heavy atom. The van der Waals surface area contributed by atoms with E-state index in [1.54, 1.807) is 12.1 Å². The number of benzene rings is 2. The van der Waals surface area contributed by atoms with Crippen LogP contribution in [0.4, 0.5) is 0 Å². The zero-order valence-electron chi connectivity index (χ0n) is 8.60. The number of halogens is 2. The van der Waals surface area contributed by atoms with E-state index in [2.05, 4.69) is 22.6 Å². The molecule has 0 spiro atoms. The Bertz CT molecular complexity index is 619. The number of rotatable bonds is 2. The Morgan fingerprint density at radius 2 is 1.24 bits per heavy atom. The average Bonchev–Trinajstić information content (AvgIpc) is 2.29. The highest BCUT2D eigenvalue weighted by Gasteiger charge is 2.09. The molecule has 0 aliphatic rings. The van der Waals surface area contributed by atoms with Crippen molar-refractivity contribution < 1.29 is 8.42 Å². The smallest absolute Gasteiger partial charge is 0.207 e. The van der Waals surface area contributed by atoms with Crippen LogP contribution in [0.5, 0.6) is 0 Å². The van der Waals surface area contributed by atoms with Crippen LogP contribution in [-0.4, -0.2) is 8.42 Å². The monoisotopic (exact) mass is 378 g/mol. The topological polar surface area (TPSA) is 34.1 Å². The highest BCUT2D eigenvalue weighted by Crippen LogP contribution is 2.23. The predicted molar refractivity (Wildman–Crippen MR) is 77.6 cm³/mol. The van der Waals surface area contributed by atoms with Gasteiger partial charge in [-0.3, -0.25) is 0 Å². The lowest BCUT2D eigenvalue weighted by Crippen LogP contribution is -1.89. The molecule has 0 aliphatic carbocycles. The molecule has 0 aliphatic heterocycles. The van der Waals surface area contributed by atoms with Gasteiger partial charge in [-0.2, -0.15) is 0 Å². The van der Waals surface area contributed by atoms with Crippen molar-refractivity contribution in [1.29, 1.82) is 0 Å². The van der Waals surface area contributed by atoms with Crippen LogP contribution in [-0.2, 0) is 9.05 Å². The van der Waals surface area contributed by atoms with E-state index in [4.69, 9.17) is 10.7 Å². The summed E-state index contributed by atoms with van der Waals surface area (Å²) in [4.78, 5) is 0.119. The molecule has 17 heavy (non-hydrogen) atoms. The molecule has 0 saturated carbocycles. The lowest BCUT2D eigenvalue weighted by atomic mass is 10.1. The highest BCUT2D eigenvalue weighted by molar-refractivity contribution is 14.1. The molecule has 0 bridgehead atoms. The van der Waals surface area contributed by atoms with Crippen LogP contribution in [0.2, 0.25) is 0 Å². The molecule has 2 rings (SSSR count). The zero-order valence-corrected chi connectivity index (χ0v) is 12.3. The maximum absolute atomic E-state index is 11.1. The maximum atomic E-state index is 11.1. The maximum Gasteiger partial charge on any atom is 0.261 e. The first-order valence-electron chi connectivity index (χ1n) is 4.77. The second-order valence-corrected chi connectivity index (χ2v) is 7.28. The van der Waals surface area contributed by atoms with Gasteiger partial charge in [0.05, 0.1) is 4.90 Å². The van der Waals surface area contributed by atoms with E-state index in [1.807, 2.05) is 24.3 Å². The van der Waals surface area contributed by atoms with Gasteiger partial charge in [-0.15, -0.1) is 0 Å². The lowest BCUT2D eigenvalue weighted by molar-refractivity contribution is 0.609. The van der Waals surface area contributed by atoms with Crippen molar-refractivity contribution in [2.24, 2.45) is 0 Å². The van der Waals surface area contributed by atoms with Gasteiger partial charge in [0.15, 0.2) is 0 Å². The van der Waals surface area contributed by atoms with Gasteiger partial charge < -0.3 is 0 Å². The summed E-state index contributed by atoms with van der Waals surface area (Å²) in [7, 11) is 1.61. The van der Waals surface area contributed by atoms with Gasteiger partial charge in [0.1, 0.15) is 0 Å². The van der Waals surface area contributed by atoms with E-state index in [-0.39, 0.29) is 4.90 Å². The normalized spacial score (nSPS) is 11.4. The molecule has 0 fully saturated rings. The Balaban J connectivity index is 2.39. The van der Waals surface area contributed by atoms with Crippen molar-refractivity contribution in [2.45, 2.75) is 4.90 Å². The minimum absolute atomic E-state index is 0.119. The fourth-order valence-electron chi connectivity index (χ4n) is 1.45. The van der Waals surface area contributed by atoms with Gasteiger partial charge in [-0.05, 0) is 58.0 Å². The summed E-state index contributed by atoms with van der Waals surface area (Å²) < 4.78 is 23.3. The molecular weight excluding hydrogens is 371 g/mol. The van der Waals surface area contributed by atoms with Crippen molar-refractivity contribution in [2.75, 3.05) is 0 Å². The van der Waals surface area contributed by atoms with Gasteiger partial charge >= 0.3 is 0 Å². The minimum Gasteiger partial charge on any atom is -0.207 e. The first-order valence-corrected chi connectivity index (χ1v) is 8.16. The lowest BCUT2D eigenvalue weighted by Gasteiger charge is -2.02. The van der Waals surface area contributed by atoms with Crippen LogP contribution in [0.3, 0.4) is 0 Å². The van der Waals surface area contributed by atoms with E-state index in [0.29, 0.717) is 0 Å². The van der Waals surface area contributed by atoms with Gasteiger partial charge in [0, 0.05) is 14.3 Å². The standard InChI is InChI=1S/C12H8ClIO2S/c13-17(15,16)12-7-3-10(4-8-12)9-1-5-11(14)6-2-9/h1-8H. The van der Waals surface area contributed by atoms with Crippen LogP contribution in [0, 0.1) is 3.57 Å². The quantitative estimate of drug-likeness (QED) is 0.587. The fraction of sp³-hybridized carbons (Fsp3) is 0. The molecule has 0 aromatic heterocycles.